The zero-order valence-electron chi connectivity index (χ0n) is 16.7. The van der Waals surface area contributed by atoms with E-state index in [4.69, 9.17) is 9.47 Å². The Morgan fingerprint density at radius 1 is 0.700 bits per heavy atom. The number of hydrogen-bond acceptors (Lipinski definition) is 6. The fraction of sp³-hybridized carbons (Fsp3) is 0.167. The number of hydrogen-bond donors (Lipinski definition) is 2. The summed E-state index contributed by atoms with van der Waals surface area (Å²) in [5.74, 6) is -0.344. The maximum absolute atomic E-state index is 12.9. The van der Waals surface area contributed by atoms with Crippen LogP contribution in [0.4, 0.5) is 0 Å². The first-order valence-corrected chi connectivity index (χ1v) is 9.55. The first-order chi connectivity index (χ1) is 14.4. The lowest BCUT2D eigenvalue weighted by atomic mass is 9.96. The largest absolute Gasteiger partial charge is 0.507 e. The van der Waals surface area contributed by atoms with Gasteiger partial charge in [0.15, 0.2) is 11.6 Å². The van der Waals surface area contributed by atoms with E-state index in [1.54, 1.807) is 30.3 Å². The van der Waals surface area contributed by atoms with Gasteiger partial charge in [0.1, 0.15) is 23.0 Å². The predicted octanol–water partition coefficient (Wildman–Crippen LogP) is 4.36. The van der Waals surface area contributed by atoms with Gasteiger partial charge in [0.25, 0.3) is 0 Å². The van der Waals surface area contributed by atoms with Crippen LogP contribution in [0.5, 0.6) is 23.0 Å². The summed E-state index contributed by atoms with van der Waals surface area (Å²) in [6.07, 6.45) is 0. The minimum atomic E-state index is -0.430. The lowest BCUT2D eigenvalue weighted by Gasteiger charge is -2.10. The molecule has 0 unspecified atom stereocenters. The number of phenols is 2. The Morgan fingerprint density at radius 3 is 1.50 bits per heavy atom. The molecule has 0 radical (unpaired) electrons. The molecule has 154 valence electrons. The van der Waals surface area contributed by atoms with Crippen molar-refractivity contribution < 1.29 is 29.3 Å². The molecule has 0 heterocycles. The average Bonchev–Trinajstić information content (AvgIpc) is 2.74. The van der Waals surface area contributed by atoms with Crippen LogP contribution in [0.1, 0.15) is 45.7 Å². The highest BCUT2D eigenvalue weighted by Crippen LogP contribution is 2.28. The van der Waals surface area contributed by atoms with E-state index in [0.29, 0.717) is 24.7 Å². The number of benzene rings is 3. The van der Waals surface area contributed by atoms with Crippen LogP contribution >= 0.6 is 0 Å². The standard InChI is InChI=1S/C24H22O6/c1-3-29-17-8-10-19(21(25)13-17)23(27)15-6-5-7-16(12-15)24(28)20-11-9-18(30-4-2)14-22(20)26/h5-14,25-26H,3-4H2,1-2H3. The molecule has 6 heteroatoms. The van der Waals surface area contributed by atoms with Gasteiger partial charge in [0.2, 0.25) is 0 Å². The fourth-order valence-electron chi connectivity index (χ4n) is 3.03. The Kier molecular flexibility index (Phi) is 6.37. The average molecular weight is 406 g/mol. The van der Waals surface area contributed by atoms with E-state index in [0.717, 1.165) is 0 Å². The number of carbonyl (C=O) groups excluding carboxylic acids is 2. The second-order valence-corrected chi connectivity index (χ2v) is 6.46. The van der Waals surface area contributed by atoms with Gasteiger partial charge in [0, 0.05) is 23.3 Å². The molecule has 0 aliphatic heterocycles. The number of phenolic OH excluding ortho intramolecular Hbond substituents is 2. The second-order valence-electron chi connectivity index (χ2n) is 6.46. The number of ketones is 2. The molecule has 6 nitrogen and oxygen atoms in total. The minimum Gasteiger partial charge on any atom is -0.507 e. The van der Waals surface area contributed by atoms with Crippen molar-refractivity contribution in [3.05, 3.63) is 82.9 Å². The summed E-state index contributed by atoms with van der Waals surface area (Å²) >= 11 is 0. The quantitative estimate of drug-likeness (QED) is 0.540. The van der Waals surface area contributed by atoms with E-state index >= 15 is 0 Å². The molecule has 2 N–H and O–H groups in total. The van der Waals surface area contributed by atoms with Gasteiger partial charge in [0.05, 0.1) is 24.3 Å². The van der Waals surface area contributed by atoms with Crippen molar-refractivity contribution in [3.63, 3.8) is 0 Å². The number of carbonyl (C=O) groups is 2. The fourth-order valence-corrected chi connectivity index (χ4v) is 3.03. The Morgan fingerprint density at radius 2 is 1.13 bits per heavy atom. The normalized spacial score (nSPS) is 10.5. The van der Waals surface area contributed by atoms with E-state index < -0.39 is 11.6 Å². The number of aromatic hydroxyl groups is 2. The van der Waals surface area contributed by atoms with E-state index in [9.17, 15) is 19.8 Å². The third kappa shape index (κ3) is 4.43. The van der Waals surface area contributed by atoms with Crippen molar-refractivity contribution in [2.75, 3.05) is 13.2 Å². The molecule has 0 atom stereocenters. The van der Waals surface area contributed by atoms with E-state index in [1.165, 1.54) is 30.3 Å². The summed E-state index contributed by atoms with van der Waals surface area (Å²) in [6.45, 7) is 4.52. The van der Waals surface area contributed by atoms with E-state index in [-0.39, 0.29) is 33.8 Å². The zero-order valence-corrected chi connectivity index (χ0v) is 16.7. The van der Waals surface area contributed by atoms with E-state index in [2.05, 4.69) is 0 Å². The summed E-state index contributed by atoms with van der Waals surface area (Å²) in [4.78, 5) is 25.7. The van der Waals surface area contributed by atoms with Crippen LogP contribution in [0.25, 0.3) is 0 Å². The smallest absolute Gasteiger partial charge is 0.196 e. The van der Waals surface area contributed by atoms with Gasteiger partial charge < -0.3 is 19.7 Å². The van der Waals surface area contributed by atoms with Crippen LogP contribution in [-0.2, 0) is 0 Å². The summed E-state index contributed by atoms with van der Waals surface area (Å²) < 4.78 is 10.6. The van der Waals surface area contributed by atoms with Crippen molar-refractivity contribution in [1.29, 1.82) is 0 Å². The maximum atomic E-state index is 12.9. The topological polar surface area (TPSA) is 93.1 Å². The van der Waals surface area contributed by atoms with Crippen molar-refractivity contribution in [1.82, 2.24) is 0 Å². The van der Waals surface area contributed by atoms with Gasteiger partial charge >= 0.3 is 0 Å². The number of ether oxygens (including phenoxy) is 2. The van der Waals surface area contributed by atoms with Gasteiger partial charge in [-0.2, -0.15) is 0 Å². The molecule has 0 fully saturated rings. The molecular weight excluding hydrogens is 384 g/mol. The summed E-state index contributed by atoms with van der Waals surface area (Å²) in [7, 11) is 0. The van der Waals surface area contributed by atoms with Crippen LogP contribution in [0.2, 0.25) is 0 Å². The minimum absolute atomic E-state index is 0.104. The van der Waals surface area contributed by atoms with Crippen LogP contribution in [0, 0.1) is 0 Å². The molecule has 0 aliphatic rings. The highest BCUT2D eigenvalue weighted by molar-refractivity contribution is 6.14. The maximum Gasteiger partial charge on any atom is 0.196 e. The third-order valence-corrected chi connectivity index (χ3v) is 4.44. The summed E-state index contributed by atoms with van der Waals surface area (Å²) in [6, 6.07) is 15.1. The Bertz CT molecular complexity index is 1000. The van der Waals surface area contributed by atoms with Crippen LogP contribution in [0.3, 0.4) is 0 Å². The second kappa shape index (κ2) is 9.13. The number of rotatable bonds is 8. The molecule has 3 aromatic rings. The van der Waals surface area contributed by atoms with Crippen LogP contribution in [0.15, 0.2) is 60.7 Å². The SMILES string of the molecule is CCOc1ccc(C(=O)c2cccc(C(=O)c3ccc(OCC)cc3O)c2)c(O)c1. The molecular formula is C24H22O6. The van der Waals surface area contributed by atoms with Gasteiger partial charge in [-0.1, -0.05) is 18.2 Å². The predicted molar refractivity (Wildman–Crippen MR) is 112 cm³/mol. The van der Waals surface area contributed by atoms with Gasteiger partial charge in [-0.3, -0.25) is 9.59 Å². The lowest BCUT2D eigenvalue weighted by Crippen LogP contribution is -2.06. The Balaban J connectivity index is 1.89. The Hall–Kier alpha value is -3.80. The molecule has 30 heavy (non-hydrogen) atoms. The van der Waals surface area contributed by atoms with Crippen molar-refractivity contribution in [2.45, 2.75) is 13.8 Å². The monoisotopic (exact) mass is 406 g/mol. The molecule has 3 rings (SSSR count). The molecule has 0 saturated carbocycles. The highest BCUT2D eigenvalue weighted by Gasteiger charge is 2.19. The van der Waals surface area contributed by atoms with Gasteiger partial charge in [-0.25, -0.2) is 0 Å². The molecule has 0 aliphatic carbocycles. The molecule has 3 aromatic carbocycles. The zero-order chi connectivity index (χ0) is 21.7. The van der Waals surface area contributed by atoms with Crippen molar-refractivity contribution in [3.8, 4) is 23.0 Å². The highest BCUT2D eigenvalue weighted by atomic mass is 16.5. The first kappa shape index (κ1) is 20.9. The van der Waals surface area contributed by atoms with Gasteiger partial charge in [-0.05, 0) is 44.2 Å². The summed E-state index contributed by atoms with van der Waals surface area (Å²) in [5.41, 5.74) is 0.690. The van der Waals surface area contributed by atoms with Gasteiger partial charge in [-0.15, -0.1) is 0 Å². The van der Waals surface area contributed by atoms with Crippen LogP contribution in [-0.4, -0.2) is 35.0 Å². The van der Waals surface area contributed by atoms with E-state index in [1.807, 2.05) is 13.8 Å². The summed E-state index contributed by atoms with van der Waals surface area (Å²) in [5, 5.41) is 20.4. The molecule has 0 amide bonds. The van der Waals surface area contributed by atoms with Crippen molar-refractivity contribution in [2.24, 2.45) is 0 Å². The lowest BCUT2D eigenvalue weighted by molar-refractivity contribution is 0.103. The first-order valence-electron chi connectivity index (χ1n) is 9.55. The Labute approximate surface area is 174 Å². The molecule has 0 saturated heterocycles. The third-order valence-electron chi connectivity index (χ3n) is 4.44. The molecule has 0 aromatic heterocycles. The molecule has 0 bridgehead atoms. The van der Waals surface area contributed by atoms with Crippen LogP contribution < -0.4 is 9.47 Å². The molecule has 0 spiro atoms. The van der Waals surface area contributed by atoms with Crippen molar-refractivity contribution >= 4 is 11.6 Å².